The van der Waals surface area contributed by atoms with Crippen molar-refractivity contribution >= 4 is 23.1 Å². The van der Waals surface area contributed by atoms with Crippen molar-refractivity contribution in [2.45, 2.75) is 6.42 Å². The molecule has 3 aromatic rings. The molecule has 0 aliphatic rings. The summed E-state index contributed by atoms with van der Waals surface area (Å²) in [6.45, 7) is -0.0349. The number of carbonyl (C=O) groups excluding carboxylic acids is 2. The molecule has 136 valence electrons. The molecule has 5 nitrogen and oxygen atoms in total. The molecule has 3 aromatic carbocycles. The summed E-state index contributed by atoms with van der Waals surface area (Å²) < 4.78 is 5.51. The lowest BCUT2D eigenvalue weighted by molar-refractivity contribution is -0.115. The van der Waals surface area contributed by atoms with Gasteiger partial charge in [0.15, 0.2) is 12.4 Å². The molecular formula is C22H20N2O3. The van der Waals surface area contributed by atoms with E-state index >= 15 is 0 Å². The third-order valence-electron chi connectivity index (χ3n) is 3.95. The lowest BCUT2D eigenvalue weighted by Gasteiger charge is -2.08. The molecule has 0 aliphatic heterocycles. The van der Waals surface area contributed by atoms with Crippen LogP contribution in [0.1, 0.15) is 15.9 Å². The van der Waals surface area contributed by atoms with Gasteiger partial charge in [-0.25, -0.2) is 0 Å². The average molecular weight is 360 g/mol. The summed E-state index contributed by atoms with van der Waals surface area (Å²) in [5.74, 6) is 0.361. The third-order valence-corrected chi connectivity index (χ3v) is 3.95. The number of hydrogen-bond donors (Lipinski definition) is 2. The molecule has 0 bridgehead atoms. The van der Waals surface area contributed by atoms with E-state index < -0.39 is 0 Å². The second kappa shape index (κ2) is 8.67. The van der Waals surface area contributed by atoms with Crippen LogP contribution in [0.3, 0.4) is 0 Å². The average Bonchev–Trinajstić information content (AvgIpc) is 2.69. The number of nitrogens with two attached hydrogens (primary N) is 1. The van der Waals surface area contributed by atoms with Crippen molar-refractivity contribution < 1.29 is 14.3 Å². The Labute approximate surface area is 157 Å². The molecule has 0 saturated heterocycles. The smallest absolute Gasteiger partial charge is 0.228 e. The van der Waals surface area contributed by atoms with Gasteiger partial charge < -0.3 is 15.8 Å². The number of nitrogens with one attached hydrogen (secondary N) is 1. The highest BCUT2D eigenvalue weighted by atomic mass is 16.5. The Bertz CT molecular complexity index is 905. The van der Waals surface area contributed by atoms with E-state index in [1.807, 2.05) is 30.3 Å². The molecule has 0 heterocycles. The van der Waals surface area contributed by atoms with Crippen LogP contribution in [0.4, 0.5) is 11.4 Å². The van der Waals surface area contributed by atoms with E-state index in [1.165, 1.54) is 0 Å². The van der Waals surface area contributed by atoms with Gasteiger partial charge in [-0.05, 0) is 42.0 Å². The van der Waals surface area contributed by atoms with Crippen molar-refractivity contribution in [3.63, 3.8) is 0 Å². The first-order valence-corrected chi connectivity index (χ1v) is 8.55. The standard InChI is InChI=1S/C22H20N2O3/c23-18-8-6-16(7-9-18)14-22(26)24-19-10-12-20(13-11-19)27-15-21(25)17-4-2-1-3-5-17/h1-13H,14-15,23H2,(H,24,26). The summed E-state index contributed by atoms with van der Waals surface area (Å²) in [6, 6.07) is 23.1. The molecule has 0 aliphatic carbocycles. The number of hydrogen-bond acceptors (Lipinski definition) is 4. The maximum absolute atomic E-state index is 12.1. The van der Waals surface area contributed by atoms with Gasteiger partial charge >= 0.3 is 0 Å². The van der Waals surface area contributed by atoms with Crippen LogP contribution >= 0.6 is 0 Å². The monoisotopic (exact) mass is 360 g/mol. The Morgan fingerprint density at radius 2 is 1.52 bits per heavy atom. The van der Waals surface area contributed by atoms with E-state index in [0.29, 0.717) is 22.7 Å². The Kier molecular flexibility index (Phi) is 5.84. The van der Waals surface area contributed by atoms with Crippen LogP contribution in [0.15, 0.2) is 78.9 Å². The SMILES string of the molecule is Nc1ccc(CC(=O)Nc2ccc(OCC(=O)c3ccccc3)cc2)cc1. The minimum Gasteiger partial charge on any atom is -0.485 e. The number of nitrogen functional groups attached to an aromatic ring is 1. The van der Waals surface area contributed by atoms with Crippen LogP contribution in [0, 0.1) is 0 Å². The van der Waals surface area contributed by atoms with Gasteiger partial charge in [0, 0.05) is 16.9 Å². The highest BCUT2D eigenvalue weighted by molar-refractivity contribution is 5.97. The summed E-state index contributed by atoms with van der Waals surface area (Å²) in [5, 5.41) is 2.83. The molecule has 5 heteroatoms. The minimum absolute atomic E-state index is 0.0349. The maximum atomic E-state index is 12.1. The summed E-state index contributed by atoms with van der Waals surface area (Å²) in [4.78, 5) is 24.1. The molecule has 0 spiro atoms. The molecule has 0 unspecified atom stereocenters. The van der Waals surface area contributed by atoms with Crippen molar-refractivity contribution in [3.8, 4) is 5.75 Å². The van der Waals surface area contributed by atoms with Gasteiger partial charge in [-0.3, -0.25) is 9.59 Å². The first kappa shape index (κ1) is 18.2. The van der Waals surface area contributed by atoms with Gasteiger partial charge in [-0.2, -0.15) is 0 Å². The lowest BCUT2D eigenvalue weighted by Crippen LogP contribution is -2.14. The van der Waals surface area contributed by atoms with Gasteiger partial charge in [0.1, 0.15) is 5.75 Å². The van der Waals surface area contributed by atoms with Crippen molar-refractivity contribution in [1.82, 2.24) is 0 Å². The quantitative estimate of drug-likeness (QED) is 0.497. The topological polar surface area (TPSA) is 81.4 Å². The fraction of sp³-hybridized carbons (Fsp3) is 0.0909. The lowest BCUT2D eigenvalue weighted by atomic mass is 10.1. The first-order chi connectivity index (χ1) is 13.1. The minimum atomic E-state index is -0.118. The van der Waals surface area contributed by atoms with Crippen LogP contribution in [-0.4, -0.2) is 18.3 Å². The van der Waals surface area contributed by atoms with E-state index in [1.54, 1.807) is 48.5 Å². The fourth-order valence-electron chi connectivity index (χ4n) is 2.52. The Morgan fingerprint density at radius 1 is 0.852 bits per heavy atom. The zero-order valence-corrected chi connectivity index (χ0v) is 14.7. The number of Topliss-reactive ketones (excluding diaryl/α,β-unsaturated/α-hetero) is 1. The zero-order valence-electron chi connectivity index (χ0n) is 14.7. The molecule has 0 aromatic heterocycles. The summed E-state index contributed by atoms with van der Waals surface area (Å²) in [6.07, 6.45) is 0.268. The Balaban J connectivity index is 1.50. The summed E-state index contributed by atoms with van der Waals surface area (Å²) in [5.41, 5.74) is 8.47. The maximum Gasteiger partial charge on any atom is 0.228 e. The molecule has 0 radical (unpaired) electrons. The predicted octanol–water partition coefficient (Wildman–Crippen LogP) is 3.71. The number of ether oxygens (including phenoxy) is 1. The summed E-state index contributed by atoms with van der Waals surface area (Å²) >= 11 is 0. The molecule has 27 heavy (non-hydrogen) atoms. The van der Waals surface area contributed by atoms with Crippen molar-refractivity contribution in [1.29, 1.82) is 0 Å². The molecule has 3 N–H and O–H groups in total. The number of benzene rings is 3. The Hall–Kier alpha value is -3.60. The van der Waals surface area contributed by atoms with Gasteiger partial charge in [0.2, 0.25) is 5.91 Å². The molecule has 0 saturated carbocycles. The van der Waals surface area contributed by atoms with Crippen LogP contribution in [0.2, 0.25) is 0 Å². The number of carbonyl (C=O) groups is 2. The van der Waals surface area contributed by atoms with Crippen LogP contribution < -0.4 is 15.8 Å². The number of anilines is 2. The molecular weight excluding hydrogens is 340 g/mol. The van der Waals surface area contributed by atoms with E-state index in [-0.39, 0.29) is 24.7 Å². The molecule has 1 amide bonds. The molecule has 3 rings (SSSR count). The van der Waals surface area contributed by atoms with E-state index in [0.717, 1.165) is 5.56 Å². The number of amides is 1. The van der Waals surface area contributed by atoms with Crippen LogP contribution in [-0.2, 0) is 11.2 Å². The normalized spacial score (nSPS) is 10.2. The highest BCUT2D eigenvalue weighted by Gasteiger charge is 2.07. The van der Waals surface area contributed by atoms with Crippen molar-refractivity contribution in [2.24, 2.45) is 0 Å². The number of ketones is 1. The predicted molar refractivity (Wildman–Crippen MR) is 106 cm³/mol. The van der Waals surface area contributed by atoms with E-state index in [9.17, 15) is 9.59 Å². The van der Waals surface area contributed by atoms with Gasteiger partial charge in [0.25, 0.3) is 0 Å². The van der Waals surface area contributed by atoms with E-state index in [4.69, 9.17) is 10.5 Å². The second-order valence-electron chi connectivity index (χ2n) is 6.07. The van der Waals surface area contributed by atoms with Crippen LogP contribution in [0.25, 0.3) is 0 Å². The van der Waals surface area contributed by atoms with Crippen LogP contribution in [0.5, 0.6) is 5.75 Å². The van der Waals surface area contributed by atoms with Gasteiger partial charge in [-0.15, -0.1) is 0 Å². The largest absolute Gasteiger partial charge is 0.485 e. The third kappa shape index (κ3) is 5.44. The second-order valence-corrected chi connectivity index (χ2v) is 6.07. The Morgan fingerprint density at radius 3 is 2.19 bits per heavy atom. The first-order valence-electron chi connectivity index (χ1n) is 8.55. The molecule has 0 atom stereocenters. The van der Waals surface area contributed by atoms with Gasteiger partial charge in [0.05, 0.1) is 6.42 Å². The van der Waals surface area contributed by atoms with Crippen molar-refractivity contribution in [2.75, 3.05) is 17.7 Å². The van der Waals surface area contributed by atoms with Crippen molar-refractivity contribution in [3.05, 3.63) is 90.0 Å². The summed E-state index contributed by atoms with van der Waals surface area (Å²) in [7, 11) is 0. The highest BCUT2D eigenvalue weighted by Crippen LogP contribution is 2.17. The number of rotatable bonds is 7. The fourth-order valence-corrected chi connectivity index (χ4v) is 2.52. The molecule has 0 fully saturated rings. The van der Waals surface area contributed by atoms with E-state index in [2.05, 4.69) is 5.32 Å². The zero-order chi connectivity index (χ0) is 19.1. The van der Waals surface area contributed by atoms with Gasteiger partial charge in [-0.1, -0.05) is 42.5 Å².